The van der Waals surface area contributed by atoms with Crippen LogP contribution in [0, 0.1) is 46.3 Å². The summed E-state index contributed by atoms with van der Waals surface area (Å²) in [6.45, 7) is 13.7. The Hall–Kier alpha value is -0.740. The van der Waals surface area contributed by atoms with E-state index in [9.17, 15) is 4.79 Å². The van der Waals surface area contributed by atoms with Crippen molar-refractivity contribution in [3.8, 4) is 0 Å². The maximum atomic E-state index is 12.2. The van der Waals surface area contributed by atoms with E-state index in [0.717, 1.165) is 54.8 Å². The van der Waals surface area contributed by atoms with Crippen molar-refractivity contribution < 1.29 is 9.53 Å². The van der Waals surface area contributed by atoms with Gasteiger partial charge in [0.25, 0.3) is 0 Å². The van der Waals surface area contributed by atoms with E-state index in [4.69, 9.17) is 10.5 Å². The molecule has 4 nitrogen and oxygen atoms in total. The molecule has 0 aromatic heterocycles. The van der Waals surface area contributed by atoms with Gasteiger partial charge in [-0.05, 0) is 104 Å². The largest absolute Gasteiger partial charge is 0.446 e. The molecule has 0 aromatic carbocycles. The van der Waals surface area contributed by atoms with Crippen LogP contribution in [0.1, 0.15) is 112 Å². The fourth-order valence-electron chi connectivity index (χ4n) is 9.24. The summed E-state index contributed by atoms with van der Waals surface area (Å²) in [6, 6.07) is 0. The smallest absolute Gasteiger partial charge is 0.407 e. The Morgan fingerprint density at radius 3 is 2.58 bits per heavy atom. The van der Waals surface area contributed by atoms with Crippen LogP contribution < -0.4 is 11.1 Å². The lowest BCUT2D eigenvalue weighted by Crippen LogP contribution is -2.51. The highest BCUT2D eigenvalue weighted by atomic mass is 35.5. The first kappa shape index (κ1) is 29.8. The van der Waals surface area contributed by atoms with Gasteiger partial charge in [-0.25, -0.2) is 4.79 Å². The number of halogens is 1. The predicted molar refractivity (Wildman–Crippen MR) is 152 cm³/mol. The number of alkyl carbamates (subject to hydrolysis) is 1. The maximum absolute atomic E-state index is 12.2. The van der Waals surface area contributed by atoms with E-state index >= 15 is 0 Å². The number of allylic oxidation sites excluding steroid dienone is 1. The lowest BCUT2D eigenvalue weighted by molar-refractivity contribution is -0.0581. The molecule has 4 rings (SSSR count). The quantitative estimate of drug-likeness (QED) is 0.239. The van der Waals surface area contributed by atoms with Gasteiger partial charge in [0.05, 0.1) is 0 Å². The summed E-state index contributed by atoms with van der Waals surface area (Å²) in [5.41, 5.74) is 7.97. The highest BCUT2D eigenvalue weighted by Crippen LogP contribution is 2.67. The Labute approximate surface area is 227 Å². The van der Waals surface area contributed by atoms with Crippen molar-refractivity contribution in [2.24, 2.45) is 52.1 Å². The summed E-state index contributed by atoms with van der Waals surface area (Å²) in [5.74, 6) is 5.19. The van der Waals surface area contributed by atoms with Crippen LogP contribution in [0.2, 0.25) is 0 Å². The first-order valence-corrected chi connectivity index (χ1v) is 15.0. The summed E-state index contributed by atoms with van der Waals surface area (Å²) in [5, 5.41) is 2.86. The van der Waals surface area contributed by atoms with Gasteiger partial charge in [-0.3, -0.25) is 0 Å². The van der Waals surface area contributed by atoms with E-state index in [1.54, 1.807) is 5.57 Å². The molecule has 0 heterocycles. The number of carbonyl (C=O) groups is 1. The van der Waals surface area contributed by atoms with Crippen molar-refractivity contribution in [2.75, 3.05) is 13.1 Å². The molecule has 0 aromatic rings. The number of nitrogens with two attached hydrogens (primary N) is 1. The molecule has 36 heavy (non-hydrogen) atoms. The molecule has 0 radical (unpaired) electrons. The molecule has 5 heteroatoms. The molecule has 3 saturated carbocycles. The van der Waals surface area contributed by atoms with Gasteiger partial charge in [0, 0.05) is 13.0 Å². The molecular formula is C31H55ClN2O2. The van der Waals surface area contributed by atoms with Crippen LogP contribution >= 0.6 is 12.4 Å². The molecule has 3 N–H and O–H groups in total. The second-order valence-corrected chi connectivity index (χ2v) is 13.6. The molecule has 4 aliphatic rings. The van der Waals surface area contributed by atoms with Crippen LogP contribution in [0.25, 0.3) is 0 Å². The van der Waals surface area contributed by atoms with E-state index in [0.29, 0.717) is 23.9 Å². The van der Waals surface area contributed by atoms with Crippen LogP contribution in [0.4, 0.5) is 4.79 Å². The first-order valence-electron chi connectivity index (χ1n) is 15.0. The monoisotopic (exact) mass is 522 g/mol. The van der Waals surface area contributed by atoms with Crippen molar-refractivity contribution in [3.05, 3.63) is 11.6 Å². The Bertz CT molecular complexity index is 770. The summed E-state index contributed by atoms with van der Waals surface area (Å²) < 4.78 is 5.81. The SMILES string of the molecule is CC(C)CCC[C@@H](C)[C@H]1CC[C@H]2[C@@H]3CC=C4C[C@@H](OC(=O)NCCCN)CC[C@]4(C)[C@H]3CC[C@]12C.Cl. The fourth-order valence-corrected chi connectivity index (χ4v) is 9.24. The number of rotatable bonds is 9. The number of ether oxygens (including phenoxy) is 1. The molecule has 0 aliphatic heterocycles. The van der Waals surface area contributed by atoms with Gasteiger partial charge in [0.15, 0.2) is 0 Å². The maximum Gasteiger partial charge on any atom is 0.407 e. The molecule has 3 fully saturated rings. The summed E-state index contributed by atoms with van der Waals surface area (Å²) >= 11 is 0. The second kappa shape index (κ2) is 12.4. The van der Waals surface area contributed by atoms with Gasteiger partial charge in [0.1, 0.15) is 6.10 Å². The van der Waals surface area contributed by atoms with Gasteiger partial charge in [0.2, 0.25) is 0 Å². The first-order chi connectivity index (χ1) is 16.7. The molecule has 4 aliphatic carbocycles. The standard InChI is InChI=1S/C31H54N2O2.ClH/c1-21(2)8-6-9-22(3)26-12-13-27-25-11-10-23-20-24(35-29(34)33-19-7-18-32)14-16-30(23,4)28(25)15-17-31(26,27)5;/h10,21-22,24-28H,6-9,11-20,32H2,1-5H3,(H,33,34);1H/t22-,24+,25+,26-,27+,28+,30+,31-;/m1./s1. The average molecular weight is 523 g/mol. The molecule has 0 spiro atoms. The second-order valence-electron chi connectivity index (χ2n) is 13.6. The topological polar surface area (TPSA) is 64.3 Å². The normalized spacial score (nSPS) is 38.2. The summed E-state index contributed by atoms with van der Waals surface area (Å²) in [7, 11) is 0. The third-order valence-corrected chi connectivity index (χ3v) is 11.2. The van der Waals surface area contributed by atoms with Crippen LogP contribution in [0.15, 0.2) is 11.6 Å². The highest BCUT2D eigenvalue weighted by molar-refractivity contribution is 5.85. The molecule has 0 unspecified atom stereocenters. The van der Waals surface area contributed by atoms with Crippen LogP contribution in [-0.2, 0) is 4.74 Å². The minimum Gasteiger partial charge on any atom is -0.446 e. The van der Waals surface area contributed by atoms with E-state index in [-0.39, 0.29) is 24.6 Å². The van der Waals surface area contributed by atoms with Crippen molar-refractivity contribution in [3.63, 3.8) is 0 Å². The number of nitrogens with one attached hydrogen (secondary N) is 1. The molecular weight excluding hydrogens is 468 g/mol. The van der Waals surface area contributed by atoms with Gasteiger partial charge >= 0.3 is 6.09 Å². The number of hydrogen-bond acceptors (Lipinski definition) is 3. The van der Waals surface area contributed by atoms with Gasteiger partial charge < -0.3 is 15.8 Å². The molecule has 208 valence electrons. The molecule has 1 amide bonds. The highest BCUT2D eigenvalue weighted by Gasteiger charge is 2.59. The zero-order valence-corrected chi connectivity index (χ0v) is 24.6. The Morgan fingerprint density at radius 2 is 1.86 bits per heavy atom. The Kier molecular flexibility index (Phi) is 10.3. The lowest BCUT2D eigenvalue weighted by Gasteiger charge is -2.58. The summed E-state index contributed by atoms with van der Waals surface area (Å²) in [6.07, 6.45) is 17.4. The number of hydrogen-bond donors (Lipinski definition) is 2. The van der Waals surface area contributed by atoms with Crippen LogP contribution in [-0.4, -0.2) is 25.3 Å². The van der Waals surface area contributed by atoms with Gasteiger partial charge in [-0.1, -0.05) is 65.5 Å². The van der Waals surface area contributed by atoms with Gasteiger partial charge in [-0.2, -0.15) is 0 Å². The minimum absolute atomic E-state index is 0. The van der Waals surface area contributed by atoms with Crippen molar-refractivity contribution in [1.29, 1.82) is 0 Å². The van der Waals surface area contributed by atoms with Crippen molar-refractivity contribution in [2.45, 2.75) is 118 Å². The number of amides is 1. The molecule has 0 saturated heterocycles. The van der Waals surface area contributed by atoms with Crippen molar-refractivity contribution >= 4 is 18.5 Å². The zero-order valence-electron chi connectivity index (χ0n) is 23.8. The van der Waals surface area contributed by atoms with E-state index < -0.39 is 0 Å². The predicted octanol–water partition coefficient (Wildman–Crippen LogP) is 7.89. The minimum atomic E-state index is -0.269. The third-order valence-electron chi connectivity index (χ3n) is 11.2. The number of fused-ring (bicyclic) bond motifs is 5. The lowest BCUT2D eigenvalue weighted by atomic mass is 9.47. The van der Waals surface area contributed by atoms with Crippen molar-refractivity contribution in [1.82, 2.24) is 5.32 Å². The van der Waals surface area contributed by atoms with Crippen LogP contribution in [0.3, 0.4) is 0 Å². The molecule has 0 bridgehead atoms. The number of carbonyl (C=O) groups excluding carboxylic acids is 1. The van der Waals surface area contributed by atoms with E-state index in [1.165, 1.54) is 57.8 Å². The van der Waals surface area contributed by atoms with E-state index in [1.807, 2.05) is 0 Å². The fraction of sp³-hybridized carbons (Fsp3) is 0.903. The van der Waals surface area contributed by atoms with E-state index in [2.05, 4.69) is 46.0 Å². The van der Waals surface area contributed by atoms with Crippen LogP contribution in [0.5, 0.6) is 0 Å². The molecule has 8 atom stereocenters. The third kappa shape index (κ3) is 5.95. The van der Waals surface area contributed by atoms with Gasteiger partial charge in [-0.15, -0.1) is 12.4 Å². The average Bonchev–Trinajstić information content (AvgIpc) is 3.16. The Morgan fingerprint density at radius 1 is 1.08 bits per heavy atom. The zero-order chi connectivity index (χ0) is 25.2. The Balaban J connectivity index is 0.00000361. The summed E-state index contributed by atoms with van der Waals surface area (Å²) in [4.78, 5) is 12.2.